The number of nitrogens with zero attached hydrogens (tertiary/aromatic N) is 2. The molecule has 10 aromatic rings. The highest BCUT2D eigenvalue weighted by molar-refractivity contribution is 6.30. The van der Waals surface area contributed by atoms with E-state index in [0.717, 1.165) is 50.4 Å². The van der Waals surface area contributed by atoms with E-state index in [4.69, 9.17) is 4.42 Å². The van der Waals surface area contributed by atoms with Crippen molar-refractivity contribution in [2.45, 2.75) is 52.4 Å². The lowest BCUT2D eigenvalue weighted by Gasteiger charge is -2.33. The summed E-state index contributed by atoms with van der Waals surface area (Å²) in [5.41, 5.74) is 11.0. The van der Waals surface area contributed by atoms with E-state index in [9.17, 15) is 0 Å². The molecule has 0 fully saturated rings. The Hall–Kier alpha value is -6.58. The van der Waals surface area contributed by atoms with Crippen molar-refractivity contribution in [2.75, 3.05) is 9.80 Å². The van der Waals surface area contributed by atoms with E-state index in [0.29, 0.717) is 0 Å². The number of fused-ring (bicyclic) bond motifs is 3. The Morgan fingerprint density at radius 3 is 1.23 bits per heavy atom. The van der Waals surface area contributed by atoms with Crippen molar-refractivity contribution < 1.29 is 4.42 Å². The van der Waals surface area contributed by atoms with Crippen molar-refractivity contribution in [3.63, 3.8) is 0 Å². The molecule has 0 N–H and O–H groups in total. The van der Waals surface area contributed by atoms with Crippen LogP contribution in [0.5, 0.6) is 0 Å². The third-order valence-corrected chi connectivity index (χ3v) is 11.6. The maximum atomic E-state index is 6.32. The van der Waals surface area contributed by atoms with Crippen molar-refractivity contribution >= 4 is 88.4 Å². The summed E-state index contributed by atoms with van der Waals surface area (Å²) >= 11 is 0. The molecule has 0 atom stereocenters. The molecule has 10 rings (SSSR count). The Bertz CT molecular complexity index is 3040. The first-order valence-corrected chi connectivity index (χ1v) is 20.0. The number of anilines is 6. The highest BCUT2D eigenvalue weighted by atomic mass is 16.3. The quantitative estimate of drug-likeness (QED) is 0.158. The van der Waals surface area contributed by atoms with E-state index in [2.05, 4.69) is 215 Å². The zero-order valence-corrected chi connectivity index (χ0v) is 33.5. The first-order valence-electron chi connectivity index (χ1n) is 20.0. The molecule has 278 valence electrons. The van der Waals surface area contributed by atoms with Crippen LogP contribution in [0, 0.1) is 0 Å². The van der Waals surface area contributed by atoms with E-state index in [-0.39, 0.29) is 10.8 Å². The molecule has 3 heteroatoms. The summed E-state index contributed by atoms with van der Waals surface area (Å²) in [5.74, 6) is 0. The summed E-state index contributed by atoms with van der Waals surface area (Å²) in [6.07, 6.45) is 0. The number of hydrogen-bond acceptors (Lipinski definition) is 3. The second-order valence-electron chi connectivity index (χ2n) is 17.4. The molecule has 1 aromatic heterocycles. The van der Waals surface area contributed by atoms with Crippen LogP contribution in [0.3, 0.4) is 0 Å². The Morgan fingerprint density at radius 1 is 0.333 bits per heavy atom. The van der Waals surface area contributed by atoms with Gasteiger partial charge < -0.3 is 14.2 Å². The van der Waals surface area contributed by atoms with Gasteiger partial charge in [-0.05, 0) is 128 Å². The van der Waals surface area contributed by atoms with Gasteiger partial charge in [0, 0.05) is 44.3 Å². The molecular formula is C54H46N2O. The maximum absolute atomic E-state index is 6.32. The largest absolute Gasteiger partial charge is 0.456 e. The van der Waals surface area contributed by atoms with Crippen LogP contribution in [0.4, 0.5) is 34.1 Å². The molecule has 0 saturated heterocycles. The lowest BCUT2D eigenvalue weighted by atomic mass is 9.76. The van der Waals surface area contributed by atoms with Crippen molar-refractivity contribution in [1.82, 2.24) is 0 Å². The van der Waals surface area contributed by atoms with Gasteiger partial charge in [-0.3, -0.25) is 0 Å². The van der Waals surface area contributed by atoms with Gasteiger partial charge in [0.05, 0.1) is 11.4 Å². The van der Waals surface area contributed by atoms with Crippen LogP contribution in [0.1, 0.15) is 52.7 Å². The van der Waals surface area contributed by atoms with Crippen LogP contribution < -0.4 is 9.80 Å². The third kappa shape index (κ3) is 5.72. The van der Waals surface area contributed by atoms with Gasteiger partial charge in [-0.25, -0.2) is 0 Å². The number of rotatable bonds is 6. The van der Waals surface area contributed by atoms with Crippen LogP contribution in [0.15, 0.2) is 174 Å². The summed E-state index contributed by atoms with van der Waals surface area (Å²) in [7, 11) is 0. The minimum atomic E-state index is -0.126. The van der Waals surface area contributed by atoms with Crippen LogP contribution in [-0.4, -0.2) is 0 Å². The van der Waals surface area contributed by atoms with E-state index < -0.39 is 0 Å². The van der Waals surface area contributed by atoms with Crippen LogP contribution in [-0.2, 0) is 10.8 Å². The zero-order chi connectivity index (χ0) is 39.1. The number of para-hydroxylation sites is 4. The van der Waals surface area contributed by atoms with E-state index in [1.807, 2.05) is 6.07 Å². The molecule has 57 heavy (non-hydrogen) atoms. The van der Waals surface area contributed by atoms with Gasteiger partial charge in [0.25, 0.3) is 0 Å². The Kier molecular flexibility index (Phi) is 7.95. The highest BCUT2D eigenvalue weighted by Gasteiger charge is 2.29. The summed E-state index contributed by atoms with van der Waals surface area (Å²) < 4.78 is 6.32. The summed E-state index contributed by atoms with van der Waals surface area (Å²) in [5, 5.41) is 9.93. The lowest BCUT2D eigenvalue weighted by Crippen LogP contribution is -2.17. The fraction of sp³-hybridized carbons (Fsp3) is 0.148. The first-order chi connectivity index (χ1) is 27.6. The predicted molar refractivity (Wildman–Crippen MR) is 244 cm³/mol. The Balaban J connectivity index is 1.35. The SMILES string of the molecule is CC(C)(C)c1cc2c(N(c3ccccc3)c3ccc4oc5ccccc5c4c3)ccc3c(C(C)(C)C)cc4c(N(c5ccccc5)c5ccccc5)ccc1c4c23. The van der Waals surface area contributed by atoms with Crippen LogP contribution in [0.25, 0.3) is 54.3 Å². The van der Waals surface area contributed by atoms with Crippen molar-refractivity contribution in [3.8, 4) is 0 Å². The average Bonchev–Trinajstić information content (AvgIpc) is 3.59. The molecular weight excluding hydrogens is 693 g/mol. The second-order valence-corrected chi connectivity index (χ2v) is 17.4. The van der Waals surface area contributed by atoms with Gasteiger partial charge in [0.15, 0.2) is 0 Å². The Labute approximate surface area is 334 Å². The minimum absolute atomic E-state index is 0.120. The maximum Gasteiger partial charge on any atom is 0.135 e. The molecule has 1 heterocycles. The van der Waals surface area contributed by atoms with Crippen molar-refractivity contribution in [1.29, 1.82) is 0 Å². The van der Waals surface area contributed by atoms with E-state index >= 15 is 0 Å². The monoisotopic (exact) mass is 738 g/mol. The first kappa shape index (κ1) is 34.9. The van der Waals surface area contributed by atoms with Crippen LogP contribution >= 0.6 is 0 Å². The molecule has 0 spiro atoms. The molecule has 0 saturated carbocycles. The molecule has 0 aliphatic carbocycles. The number of hydrogen-bond donors (Lipinski definition) is 0. The minimum Gasteiger partial charge on any atom is -0.456 e. The molecule has 0 aliphatic rings. The standard InChI is InChI=1S/C54H46N2O/c1-53(2,3)45-33-43-47(55(35-18-10-7-11-19-35)36-20-12-8-13-21-36)29-27-40-46(54(4,5)6)34-44-48(30-28-41(45)52(44)51(40)43)56(37-22-14-9-15-23-37)38-26-31-50-42(32-38)39-24-16-17-25-49(39)57-50/h7-34H,1-6H3. The van der Waals surface area contributed by atoms with Crippen molar-refractivity contribution in [3.05, 3.63) is 181 Å². The second kappa shape index (κ2) is 13.0. The van der Waals surface area contributed by atoms with Gasteiger partial charge in [-0.1, -0.05) is 126 Å². The molecule has 0 amide bonds. The van der Waals surface area contributed by atoms with Crippen molar-refractivity contribution in [2.24, 2.45) is 0 Å². The average molecular weight is 739 g/mol. The fourth-order valence-electron chi connectivity index (χ4n) is 9.01. The number of furan rings is 1. The topological polar surface area (TPSA) is 19.6 Å². The number of benzene rings is 9. The molecule has 0 bridgehead atoms. The molecule has 0 aliphatic heterocycles. The highest BCUT2D eigenvalue weighted by Crippen LogP contribution is 2.52. The smallest absolute Gasteiger partial charge is 0.135 e. The predicted octanol–water partition coefficient (Wildman–Crippen LogP) is 16.0. The van der Waals surface area contributed by atoms with Gasteiger partial charge in [-0.15, -0.1) is 0 Å². The summed E-state index contributed by atoms with van der Waals surface area (Å²) in [4.78, 5) is 4.87. The fourth-order valence-corrected chi connectivity index (χ4v) is 9.01. The van der Waals surface area contributed by atoms with Gasteiger partial charge in [0.2, 0.25) is 0 Å². The zero-order valence-electron chi connectivity index (χ0n) is 33.5. The summed E-state index contributed by atoms with van der Waals surface area (Å²) in [6.45, 7) is 14.1. The Morgan fingerprint density at radius 2 is 0.754 bits per heavy atom. The van der Waals surface area contributed by atoms with Gasteiger partial charge in [-0.2, -0.15) is 0 Å². The molecule has 0 unspecified atom stereocenters. The van der Waals surface area contributed by atoms with Gasteiger partial charge in [0.1, 0.15) is 11.2 Å². The normalized spacial score (nSPS) is 12.4. The van der Waals surface area contributed by atoms with Crippen LogP contribution in [0.2, 0.25) is 0 Å². The van der Waals surface area contributed by atoms with E-state index in [1.165, 1.54) is 49.1 Å². The van der Waals surface area contributed by atoms with Gasteiger partial charge >= 0.3 is 0 Å². The summed E-state index contributed by atoms with van der Waals surface area (Å²) in [6, 6.07) is 61.8. The van der Waals surface area contributed by atoms with E-state index in [1.54, 1.807) is 0 Å². The third-order valence-electron chi connectivity index (χ3n) is 11.6. The molecule has 3 nitrogen and oxygen atoms in total. The molecule has 0 radical (unpaired) electrons. The lowest BCUT2D eigenvalue weighted by molar-refractivity contribution is 0.595. The molecule has 9 aromatic carbocycles.